The number of pyridine rings is 1. The Kier molecular flexibility index (Phi) is 6.70. The van der Waals surface area contributed by atoms with Crippen LogP contribution in [0.5, 0.6) is 5.75 Å². The summed E-state index contributed by atoms with van der Waals surface area (Å²) in [5.41, 5.74) is 0.0246. The zero-order valence-electron chi connectivity index (χ0n) is 19.1. The maximum Gasteiger partial charge on any atom is 0.229 e. The van der Waals surface area contributed by atoms with Crippen LogP contribution in [0, 0.1) is 36.9 Å². The molecule has 0 bridgehead atoms. The van der Waals surface area contributed by atoms with Gasteiger partial charge in [-0.25, -0.2) is 28.1 Å². The smallest absolute Gasteiger partial charge is 0.229 e. The Hall–Kier alpha value is -3.27. The van der Waals surface area contributed by atoms with Crippen molar-refractivity contribution in [1.82, 2.24) is 15.0 Å². The number of hydrogen-bond acceptors (Lipinski definition) is 6. The van der Waals surface area contributed by atoms with Gasteiger partial charge in [0, 0.05) is 30.9 Å². The molecule has 2 aromatic rings. The quantitative estimate of drug-likeness (QED) is 0.605. The first kappa shape index (κ1) is 23.9. The topological polar surface area (TPSA) is 86.2 Å². The maximum absolute atomic E-state index is 14.1. The number of rotatable bonds is 8. The maximum atomic E-state index is 14.1. The molecule has 1 unspecified atom stereocenters. The second-order valence-electron chi connectivity index (χ2n) is 8.70. The second kappa shape index (κ2) is 9.54. The number of amides is 1. The monoisotopic (exact) mass is 474 g/mol. The van der Waals surface area contributed by atoms with E-state index in [1.807, 2.05) is 0 Å². The van der Waals surface area contributed by atoms with E-state index in [0.29, 0.717) is 29.3 Å². The molecule has 4 rings (SSSR count). The van der Waals surface area contributed by atoms with E-state index < -0.39 is 34.7 Å². The van der Waals surface area contributed by atoms with Crippen LogP contribution in [0.2, 0.25) is 0 Å². The highest BCUT2D eigenvalue weighted by Crippen LogP contribution is 2.61. The molecule has 7 nitrogen and oxygen atoms in total. The molecular formula is C24H25F3N4O3. The number of anilines is 1. The molecule has 0 aromatic carbocycles. The number of hydrogen-bond donors (Lipinski definition) is 1. The van der Waals surface area contributed by atoms with Crippen molar-refractivity contribution in [3.8, 4) is 5.75 Å². The molecule has 1 amide bonds. The Balaban J connectivity index is 1.56. The first-order valence-corrected chi connectivity index (χ1v) is 10.8. The molecule has 34 heavy (non-hydrogen) atoms. The number of aryl methyl sites for hydroxylation is 2. The van der Waals surface area contributed by atoms with Gasteiger partial charge in [0.25, 0.3) is 0 Å². The summed E-state index contributed by atoms with van der Waals surface area (Å²) < 4.78 is 52.9. The van der Waals surface area contributed by atoms with Gasteiger partial charge in [0.05, 0.1) is 25.6 Å². The zero-order valence-corrected chi connectivity index (χ0v) is 19.1. The number of nitrogens with one attached hydrogen (secondary N) is 1. The van der Waals surface area contributed by atoms with E-state index in [0.717, 1.165) is 12.3 Å². The van der Waals surface area contributed by atoms with Gasteiger partial charge in [-0.05, 0) is 43.9 Å². The molecule has 0 aliphatic heterocycles. The Bertz CT molecular complexity index is 1170. The molecule has 10 heteroatoms. The van der Waals surface area contributed by atoms with E-state index in [1.54, 1.807) is 13.8 Å². The number of aromatic nitrogens is 3. The molecule has 3 atom stereocenters. The minimum atomic E-state index is -0.850. The molecule has 0 radical (unpaired) electrons. The van der Waals surface area contributed by atoms with E-state index in [9.17, 15) is 18.0 Å². The second-order valence-corrected chi connectivity index (χ2v) is 8.70. The normalized spacial score (nSPS) is 23.7. The van der Waals surface area contributed by atoms with Crippen molar-refractivity contribution in [2.75, 3.05) is 19.0 Å². The summed E-state index contributed by atoms with van der Waals surface area (Å²) in [4.78, 5) is 25.4. The number of carbonyl (C=O) groups excluding carboxylic acids is 1. The van der Waals surface area contributed by atoms with Gasteiger partial charge in [0.1, 0.15) is 34.8 Å². The van der Waals surface area contributed by atoms with Crippen molar-refractivity contribution < 1.29 is 27.4 Å². The van der Waals surface area contributed by atoms with Gasteiger partial charge >= 0.3 is 0 Å². The van der Waals surface area contributed by atoms with E-state index in [1.165, 1.54) is 25.4 Å². The highest BCUT2D eigenvalue weighted by atomic mass is 19.1. The molecule has 1 N–H and O–H groups in total. The summed E-state index contributed by atoms with van der Waals surface area (Å²) in [6, 6.07) is 1.43. The van der Waals surface area contributed by atoms with E-state index >= 15 is 0 Å². The minimum Gasteiger partial charge on any atom is -0.489 e. The minimum absolute atomic E-state index is 0.0197. The van der Waals surface area contributed by atoms with Crippen LogP contribution in [0.3, 0.4) is 0 Å². The number of ether oxygens (including phenoxy) is 2. The van der Waals surface area contributed by atoms with Crippen LogP contribution in [0.4, 0.5) is 19.0 Å². The summed E-state index contributed by atoms with van der Waals surface area (Å²) in [5, 5.41) is 2.69. The molecule has 2 aliphatic rings. The molecule has 2 heterocycles. The SMILES string of the molecule is COCc1nc(C)ncc1OC[C@@]1(C2C=C(F)C=C(F)C2)C[C@H]1C(=O)Nc1cc(C)c(F)cn1. The Morgan fingerprint density at radius 3 is 2.74 bits per heavy atom. The fourth-order valence-electron chi connectivity index (χ4n) is 4.34. The van der Waals surface area contributed by atoms with Crippen LogP contribution in [-0.4, -0.2) is 34.6 Å². The van der Waals surface area contributed by atoms with Crippen LogP contribution < -0.4 is 10.1 Å². The lowest BCUT2D eigenvalue weighted by molar-refractivity contribution is -0.118. The number of allylic oxidation sites excluding steroid dienone is 4. The van der Waals surface area contributed by atoms with Gasteiger partial charge in [-0.1, -0.05) is 0 Å². The van der Waals surface area contributed by atoms with E-state index in [-0.39, 0.29) is 31.4 Å². The van der Waals surface area contributed by atoms with Crippen molar-refractivity contribution in [3.63, 3.8) is 0 Å². The van der Waals surface area contributed by atoms with E-state index in [2.05, 4.69) is 20.3 Å². The zero-order chi connectivity index (χ0) is 24.5. The Morgan fingerprint density at radius 1 is 1.24 bits per heavy atom. The van der Waals surface area contributed by atoms with Crippen LogP contribution in [0.1, 0.15) is 29.9 Å². The summed E-state index contributed by atoms with van der Waals surface area (Å²) >= 11 is 0. The lowest BCUT2D eigenvalue weighted by Gasteiger charge is -2.27. The lowest BCUT2D eigenvalue weighted by Crippen LogP contribution is -2.30. The summed E-state index contributed by atoms with van der Waals surface area (Å²) in [5.74, 6) is -2.18. The van der Waals surface area contributed by atoms with E-state index in [4.69, 9.17) is 9.47 Å². The largest absolute Gasteiger partial charge is 0.489 e. The van der Waals surface area contributed by atoms with Crippen molar-refractivity contribution in [2.45, 2.75) is 33.3 Å². The first-order valence-electron chi connectivity index (χ1n) is 10.8. The summed E-state index contributed by atoms with van der Waals surface area (Å²) in [6.45, 7) is 3.52. The predicted octanol–water partition coefficient (Wildman–Crippen LogP) is 4.52. The first-order chi connectivity index (χ1) is 16.2. The highest BCUT2D eigenvalue weighted by molar-refractivity contribution is 5.94. The predicted molar refractivity (Wildman–Crippen MR) is 118 cm³/mol. The van der Waals surface area contributed by atoms with Gasteiger partial charge in [-0.2, -0.15) is 0 Å². The number of carbonyl (C=O) groups is 1. The third-order valence-electron chi connectivity index (χ3n) is 6.27. The molecular weight excluding hydrogens is 449 g/mol. The molecule has 1 saturated carbocycles. The number of methoxy groups -OCH3 is 1. The standard InChI is InChI=1S/C24H25F3N4O3/c1-13-4-22(29-9-19(13)27)31-23(32)18-8-24(18,15-5-16(25)7-17(26)6-15)12-34-21-10-28-14(2)30-20(21)11-33-3/h4-5,7,9-10,15,18H,6,8,11-12H2,1-3H3,(H,29,31,32)/t15?,18-,24+/m0/s1. The van der Waals surface area contributed by atoms with Crippen molar-refractivity contribution >= 4 is 11.7 Å². The third-order valence-corrected chi connectivity index (χ3v) is 6.27. The highest BCUT2D eigenvalue weighted by Gasteiger charge is 2.63. The average Bonchev–Trinajstić information content (AvgIpc) is 3.52. The van der Waals surface area contributed by atoms with Crippen molar-refractivity contribution in [2.24, 2.45) is 17.3 Å². The van der Waals surface area contributed by atoms with Gasteiger partial charge < -0.3 is 14.8 Å². The van der Waals surface area contributed by atoms with Crippen LogP contribution >= 0.6 is 0 Å². The fourth-order valence-corrected chi connectivity index (χ4v) is 4.34. The molecule has 1 fully saturated rings. The molecule has 0 spiro atoms. The molecule has 0 saturated heterocycles. The van der Waals surface area contributed by atoms with Crippen molar-refractivity contribution in [3.05, 3.63) is 65.2 Å². The average molecular weight is 474 g/mol. The van der Waals surface area contributed by atoms with Gasteiger partial charge in [-0.3, -0.25) is 4.79 Å². The molecule has 2 aromatic heterocycles. The third kappa shape index (κ3) is 4.96. The van der Waals surface area contributed by atoms with Crippen molar-refractivity contribution in [1.29, 1.82) is 0 Å². The van der Waals surface area contributed by atoms with Gasteiger partial charge in [0.15, 0.2) is 5.75 Å². The van der Waals surface area contributed by atoms with Gasteiger partial charge in [-0.15, -0.1) is 0 Å². The molecule has 2 aliphatic carbocycles. The summed E-state index contributed by atoms with van der Waals surface area (Å²) in [7, 11) is 1.53. The Labute approximate surface area is 195 Å². The fraction of sp³-hybridized carbons (Fsp3) is 0.417. The summed E-state index contributed by atoms with van der Waals surface area (Å²) in [6.07, 6.45) is 5.05. The van der Waals surface area contributed by atoms with Crippen LogP contribution in [-0.2, 0) is 16.1 Å². The van der Waals surface area contributed by atoms with Crippen LogP contribution in [0.25, 0.3) is 0 Å². The lowest BCUT2D eigenvalue weighted by atomic mass is 9.82. The number of halogens is 3. The number of nitrogens with zero attached hydrogens (tertiary/aromatic N) is 3. The molecule has 180 valence electrons. The van der Waals surface area contributed by atoms with Crippen LogP contribution in [0.15, 0.2) is 42.3 Å². The Morgan fingerprint density at radius 2 is 2.03 bits per heavy atom. The van der Waals surface area contributed by atoms with Gasteiger partial charge in [0.2, 0.25) is 5.91 Å².